The van der Waals surface area contributed by atoms with Gasteiger partial charge in [-0.1, -0.05) is 0 Å². The number of rotatable bonds is 2. The Morgan fingerprint density at radius 2 is 2.33 bits per heavy atom. The zero-order valence-corrected chi connectivity index (χ0v) is 6.29. The highest BCUT2D eigenvalue weighted by molar-refractivity contribution is 5.20. The van der Waals surface area contributed by atoms with E-state index in [1.807, 2.05) is 0 Å². The van der Waals surface area contributed by atoms with E-state index in [-0.39, 0.29) is 18.0 Å². The van der Waals surface area contributed by atoms with E-state index in [9.17, 15) is 4.79 Å². The first kappa shape index (κ1) is 8.43. The van der Waals surface area contributed by atoms with Crippen molar-refractivity contribution in [2.45, 2.75) is 12.5 Å². The Balaban J connectivity index is 2.95. The highest BCUT2D eigenvalue weighted by atomic mass is 16.3. The van der Waals surface area contributed by atoms with Gasteiger partial charge in [-0.25, -0.2) is 4.79 Å². The third kappa shape index (κ3) is 1.49. The molecule has 0 fully saturated rings. The van der Waals surface area contributed by atoms with Crippen molar-refractivity contribution in [3.05, 3.63) is 16.2 Å². The van der Waals surface area contributed by atoms with E-state index in [4.69, 9.17) is 17.3 Å². The Hall–Kier alpha value is -1.67. The lowest BCUT2D eigenvalue weighted by atomic mass is 10.2. The number of aromatic amines is 2. The van der Waals surface area contributed by atoms with E-state index in [1.54, 1.807) is 0 Å². The number of aromatic nitrogens is 2. The fraction of sp³-hybridized carbons (Fsp3) is 0.286. The van der Waals surface area contributed by atoms with Gasteiger partial charge in [0.2, 0.25) is 5.88 Å². The first-order chi connectivity index (χ1) is 5.65. The second-order valence-electron chi connectivity index (χ2n) is 2.36. The fourth-order valence-corrected chi connectivity index (χ4v) is 0.885. The highest BCUT2D eigenvalue weighted by Crippen LogP contribution is 2.17. The van der Waals surface area contributed by atoms with Crippen molar-refractivity contribution >= 4 is 0 Å². The van der Waals surface area contributed by atoms with E-state index in [2.05, 4.69) is 15.9 Å². The van der Waals surface area contributed by atoms with Gasteiger partial charge in [0.15, 0.2) is 0 Å². The lowest BCUT2D eigenvalue weighted by Crippen LogP contribution is -2.11. The summed E-state index contributed by atoms with van der Waals surface area (Å²) in [6.45, 7) is 0. The smallest absolute Gasteiger partial charge is 0.326 e. The van der Waals surface area contributed by atoms with Crippen LogP contribution < -0.4 is 11.4 Å². The van der Waals surface area contributed by atoms with Crippen LogP contribution in [0.15, 0.2) is 4.79 Å². The molecule has 0 aliphatic rings. The summed E-state index contributed by atoms with van der Waals surface area (Å²) in [7, 11) is 0. The molecule has 5 heteroatoms. The molecular formula is C7H9N3O2. The average Bonchev–Trinajstić information content (AvgIpc) is 2.30. The second kappa shape index (κ2) is 3.15. The minimum Gasteiger partial charge on any atom is -0.493 e. The van der Waals surface area contributed by atoms with Gasteiger partial charge >= 0.3 is 5.69 Å². The Morgan fingerprint density at radius 3 is 2.75 bits per heavy atom. The van der Waals surface area contributed by atoms with Crippen molar-refractivity contribution in [2.24, 2.45) is 5.73 Å². The predicted octanol–water partition coefficient (Wildman–Crippen LogP) is -0.568. The van der Waals surface area contributed by atoms with Crippen LogP contribution in [0.3, 0.4) is 0 Å². The molecular weight excluding hydrogens is 158 g/mol. The van der Waals surface area contributed by atoms with E-state index < -0.39 is 11.7 Å². The molecule has 0 aliphatic heterocycles. The maximum Gasteiger partial charge on any atom is 0.326 e. The third-order valence-corrected chi connectivity index (χ3v) is 1.44. The summed E-state index contributed by atoms with van der Waals surface area (Å²) >= 11 is 0. The molecule has 0 saturated carbocycles. The van der Waals surface area contributed by atoms with Crippen LogP contribution in [0.5, 0.6) is 5.88 Å². The summed E-state index contributed by atoms with van der Waals surface area (Å²) in [5.41, 5.74) is 5.28. The van der Waals surface area contributed by atoms with Crippen LogP contribution in [0.4, 0.5) is 0 Å². The molecule has 0 saturated heterocycles. The third-order valence-electron chi connectivity index (χ3n) is 1.44. The molecule has 5 N–H and O–H groups in total. The van der Waals surface area contributed by atoms with Crippen LogP contribution in [0.2, 0.25) is 0 Å². The molecule has 0 amide bonds. The van der Waals surface area contributed by atoms with Gasteiger partial charge in [-0.2, -0.15) is 0 Å². The number of terminal acetylenes is 1. The number of hydrogen-bond donors (Lipinski definition) is 4. The van der Waals surface area contributed by atoms with Crippen molar-refractivity contribution in [3.8, 4) is 18.2 Å². The highest BCUT2D eigenvalue weighted by Gasteiger charge is 2.12. The van der Waals surface area contributed by atoms with Crippen LogP contribution >= 0.6 is 0 Å². The molecule has 0 aliphatic carbocycles. The topological polar surface area (TPSA) is 94.9 Å². The van der Waals surface area contributed by atoms with Crippen molar-refractivity contribution in [3.63, 3.8) is 0 Å². The SMILES string of the molecule is C#CC[C@@H](N)c1[nH]c(=O)[nH]c1O. The number of nitrogens with one attached hydrogen (secondary N) is 2. The summed E-state index contributed by atoms with van der Waals surface area (Å²) in [6, 6.07) is -0.533. The van der Waals surface area contributed by atoms with Gasteiger partial charge in [0.25, 0.3) is 0 Å². The minimum absolute atomic E-state index is 0.247. The van der Waals surface area contributed by atoms with Crippen molar-refractivity contribution in [1.29, 1.82) is 0 Å². The molecule has 1 heterocycles. The van der Waals surface area contributed by atoms with Crippen LogP contribution in [-0.2, 0) is 0 Å². The number of nitrogens with two attached hydrogens (primary N) is 1. The summed E-state index contributed by atoms with van der Waals surface area (Å²) in [4.78, 5) is 15.1. The van der Waals surface area contributed by atoms with Gasteiger partial charge in [-0.05, 0) is 0 Å². The van der Waals surface area contributed by atoms with Crippen LogP contribution in [0.25, 0.3) is 0 Å². The van der Waals surface area contributed by atoms with Gasteiger partial charge < -0.3 is 15.8 Å². The Labute approximate surface area is 68.6 Å². The van der Waals surface area contributed by atoms with Crippen molar-refractivity contribution < 1.29 is 5.11 Å². The molecule has 5 nitrogen and oxygen atoms in total. The number of H-pyrrole nitrogens is 2. The molecule has 1 aromatic rings. The monoisotopic (exact) mass is 167 g/mol. The molecule has 0 spiro atoms. The number of hydrogen-bond acceptors (Lipinski definition) is 3. The van der Waals surface area contributed by atoms with Crippen LogP contribution in [-0.4, -0.2) is 15.1 Å². The lowest BCUT2D eigenvalue weighted by Gasteiger charge is -2.03. The zero-order chi connectivity index (χ0) is 9.14. The molecule has 12 heavy (non-hydrogen) atoms. The Kier molecular flexibility index (Phi) is 2.21. The minimum atomic E-state index is -0.533. The molecule has 1 rings (SSSR count). The maximum atomic E-state index is 10.6. The fourth-order valence-electron chi connectivity index (χ4n) is 0.885. The number of aromatic hydroxyl groups is 1. The Bertz CT molecular complexity index is 357. The lowest BCUT2D eigenvalue weighted by molar-refractivity contribution is 0.443. The average molecular weight is 167 g/mol. The molecule has 0 radical (unpaired) electrons. The van der Waals surface area contributed by atoms with Gasteiger partial charge in [-0.3, -0.25) is 4.98 Å². The molecule has 0 bridgehead atoms. The summed E-state index contributed by atoms with van der Waals surface area (Å²) in [5.74, 6) is 2.08. The van der Waals surface area contributed by atoms with E-state index in [0.29, 0.717) is 0 Å². The van der Waals surface area contributed by atoms with Crippen LogP contribution in [0, 0.1) is 12.3 Å². The van der Waals surface area contributed by atoms with E-state index in [0.717, 1.165) is 0 Å². The quantitative estimate of drug-likeness (QED) is 0.444. The number of imidazole rings is 1. The largest absolute Gasteiger partial charge is 0.493 e. The van der Waals surface area contributed by atoms with E-state index >= 15 is 0 Å². The molecule has 64 valence electrons. The van der Waals surface area contributed by atoms with Crippen molar-refractivity contribution in [1.82, 2.24) is 9.97 Å². The molecule has 0 aromatic carbocycles. The van der Waals surface area contributed by atoms with Gasteiger partial charge in [0.1, 0.15) is 0 Å². The summed E-state index contributed by atoms with van der Waals surface area (Å²) in [6.07, 6.45) is 5.28. The van der Waals surface area contributed by atoms with Gasteiger partial charge in [0, 0.05) is 6.42 Å². The zero-order valence-electron chi connectivity index (χ0n) is 6.29. The Morgan fingerprint density at radius 1 is 1.67 bits per heavy atom. The predicted molar refractivity (Wildman–Crippen MR) is 43.5 cm³/mol. The molecule has 1 atom stereocenters. The standard InChI is InChI=1S/C7H9N3O2/c1-2-3-4(8)5-6(11)10-7(12)9-5/h1,4,11H,3,8H2,(H2,9,10,12)/t4-/m1/s1. The summed E-state index contributed by atoms with van der Waals surface area (Å²) in [5, 5.41) is 9.09. The molecule has 0 unspecified atom stereocenters. The van der Waals surface area contributed by atoms with Crippen molar-refractivity contribution in [2.75, 3.05) is 0 Å². The second-order valence-corrected chi connectivity index (χ2v) is 2.36. The first-order valence-corrected chi connectivity index (χ1v) is 3.35. The normalized spacial score (nSPS) is 12.3. The maximum absolute atomic E-state index is 10.6. The molecule has 1 aromatic heterocycles. The van der Waals surface area contributed by atoms with Gasteiger partial charge in [0.05, 0.1) is 11.7 Å². The van der Waals surface area contributed by atoms with Crippen LogP contribution in [0.1, 0.15) is 18.2 Å². The van der Waals surface area contributed by atoms with Gasteiger partial charge in [-0.15, -0.1) is 12.3 Å². The first-order valence-electron chi connectivity index (χ1n) is 3.35. The van der Waals surface area contributed by atoms with E-state index in [1.165, 1.54) is 0 Å². The summed E-state index contributed by atoms with van der Waals surface area (Å²) < 4.78 is 0.